The molecule has 1 aromatic carbocycles. The predicted molar refractivity (Wildman–Crippen MR) is 98.1 cm³/mol. The maximum atomic E-state index is 13.3. The summed E-state index contributed by atoms with van der Waals surface area (Å²) >= 11 is 0. The molecule has 1 aromatic rings. The van der Waals surface area contributed by atoms with Crippen LogP contribution in [-0.4, -0.2) is 46.8 Å². The number of likely N-dealkylation sites (N-methyl/N-ethyl adjacent to an activating group) is 1. The summed E-state index contributed by atoms with van der Waals surface area (Å²) < 4.78 is 13.3. The molecule has 7 heteroatoms. The van der Waals surface area contributed by atoms with E-state index in [-0.39, 0.29) is 30.7 Å². The molecule has 3 rings (SSSR count). The normalized spacial score (nSPS) is 25.0. The van der Waals surface area contributed by atoms with Crippen LogP contribution in [0.15, 0.2) is 24.3 Å². The number of halogens is 1. The van der Waals surface area contributed by atoms with Gasteiger partial charge in [-0.15, -0.1) is 0 Å². The average Bonchev–Trinajstić information content (AvgIpc) is 2.86. The molecule has 0 atom stereocenters. The van der Waals surface area contributed by atoms with Crippen LogP contribution in [0.3, 0.4) is 0 Å². The topological polar surface area (TPSA) is 69.7 Å². The number of nitrogens with one attached hydrogen (secondary N) is 1. The monoisotopic (exact) mass is 375 g/mol. The molecule has 4 amide bonds. The zero-order valence-electron chi connectivity index (χ0n) is 15.8. The van der Waals surface area contributed by atoms with E-state index in [2.05, 4.69) is 12.2 Å². The fraction of sp³-hybridized carbons (Fsp3) is 0.550. The third kappa shape index (κ3) is 3.96. The van der Waals surface area contributed by atoms with E-state index < -0.39 is 11.6 Å². The third-order valence-electron chi connectivity index (χ3n) is 5.81. The molecule has 0 unspecified atom stereocenters. The summed E-state index contributed by atoms with van der Waals surface area (Å²) in [4.78, 5) is 40.1. The van der Waals surface area contributed by atoms with Gasteiger partial charge in [-0.3, -0.25) is 14.5 Å². The summed E-state index contributed by atoms with van der Waals surface area (Å²) in [6.45, 7) is 2.05. The number of rotatable bonds is 5. The molecule has 0 radical (unpaired) electrons. The van der Waals surface area contributed by atoms with Crippen LogP contribution in [0.1, 0.15) is 44.6 Å². The van der Waals surface area contributed by atoms with Crippen molar-refractivity contribution >= 4 is 17.8 Å². The van der Waals surface area contributed by atoms with Crippen molar-refractivity contribution in [1.82, 2.24) is 15.1 Å². The molecule has 2 fully saturated rings. The van der Waals surface area contributed by atoms with Gasteiger partial charge in [-0.1, -0.05) is 25.5 Å². The quantitative estimate of drug-likeness (QED) is 0.805. The van der Waals surface area contributed by atoms with E-state index in [1.807, 2.05) is 0 Å². The van der Waals surface area contributed by atoms with Crippen LogP contribution >= 0.6 is 0 Å². The standard InChI is InChI=1S/C20H26FN3O3/c1-3-14-7-9-20(10-8-14)18(26)24(19(27)22-20)13-17(25)23(2)12-15-5-4-6-16(21)11-15/h4-6,11,14H,3,7-10,12-13H2,1-2H3,(H,22,27). The average molecular weight is 375 g/mol. The Morgan fingerprint density at radius 3 is 2.67 bits per heavy atom. The van der Waals surface area contributed by atoms with Crippen LogP contribution in [0.2, 0.25) is 0 Å². The number of amides is 4. The highest BCUT2D eigenvalue weighted by Gasteiger charge is 2.52. The minimum atomic E-state index is -0.843. The summed E-state index contributed by atoms with van der Waals surface area (Å²) in [6.07, 6.45) is 4.14. The lowest BCUT2D eigenvalue weighted by Gasteiger charge is -2.34. The highest BCUT2D eigenvalue weighted by Crippen LogP contribution is 2.37. The smallest absolute Gasteiger partial charge is 0.325 e. The summed E-state index contributed by atoms with van der Waals surface area (Å²) in [5.74, 6) is -0.433. The molecular weight excluding hydrogens is 349 g/mol. The SMILES string of the molecule is CCC1CCC2(CC1)NC(=O)N(CC(=O)N(C)Cc1cccc(F)c1)C2=O. The molecule has 1 aliphatic carbocycles. The van der Waals surface area contributed by atoms with Gasteiger partial charge in [-0.2, -0.15) is 0 Å². The van der Waals surface area contributed by atoms with Gasteiger partial charge in [0.05, 0.1) is 0 Å². The Hall–Kier alpha value is -2.44. The molecule has 1 heterocycles. The minimum Gasteiger partial charge on any atom is -0.340 e. The number of hydrogen-bond donors (Lipinski definition) is 1. The van der Waals surface area contributed by atoms with E-state index in [1.165, 1.54) is 17.0 Å². The lowest BCUT2D eigenvalue weighted by Crippen LogP contribution is -2.50. The lowest BCUT2D eigenvalue weighted by molar-refractivity contribution is -0.139. The van der Waals surface area contributed by atoms with Gasteiger partial charge in [0.1, 0.15) is 17.9 Å². The first kappa shape index (κ1) is 19.3. The molecule has 2 aliphatic rings. The van der Waals surface area contributed by atoms with Crippen molar-refractivity contribution in [2.75, 3.05) is 13.6 Å². The van der Waals surface area contributed by atoms with E-state index in [0.29, 0.717) is 24.3 Å². The number of benzene rings is 1. The predicted octanol–water partition coefficient (Wildman–Crippen LogP) is 2.67. The second-order valence-corrected chi connectivity index (χ2v) is 7.63. The largest absolute Gasteiger partial charge is 0.340 e. The molecule has 1 N–H and O–H groups in total. The molecular formula is C20H26FN3O3. The third-order valence-corrected chi connectivity index (χ3v) is 5.81. The van der Waals surface area contributed by atoms with Crippen molar-refractivity contribution in [3.8, 4) is 0 Å². The van der Waals surface area contributed by atoms with Gasteiger partial charge in [0.15, 0.2) is 0 Å². The fourth-order valence-electron chi connectivity index (χ4n) is 3.99. The summed E-state index contributed by atoms with van der Waals surface area (Å²) in [5, 5.41) is 2.83. The summed E-state index contributed by atoms with van der Waals surface area (Å²) in [5.41, 5.74) is -0.193. The molecule has 0 aromatic heterocycles. The minimum absolute atomic E-state index is 0.212. The van der Waals surface area contributed by atoms with Crippen molar-refractivity contribution in [1.29, 1.82) is 0 Å². The van der Waals surface area contributed by atoms with Gasteiger partial charge >= 0.3 is 6.03 Å². The number of nitrogens with zero attached hydrogens (tertiary/aromatic N) is 2. The molecule has 1 saturated carbocycles. The molecule has 146 valence electrons. The van der Waals surface area contributed by atoms with Crippen molar-refractivity contribution < 1.29 is 18.8 Å². The summed E-state index contributed by atoms with van der Waals surface area (Å²) in [7, 11) is 1.58. The van der Waals surface area contributed by atoms with Crippen LogP contribution in [0.4, 0.5) is 9.18 Å². The van der Waals surface area contributed by atoms with E-state index in [1.54, 1.807) is 19.2 Å². The van der Waals surface area contributed by atoms with Crippen LogP contribution in [0, 0.1) is 11.7 Å². The maximum Gasteiger partial charge on any atom is 0.325 e. The number of hydrogen-bond acceptors (Lipinski definition) is 3. The molecule has 1 aliphatic heterocycles. The second-order valence-electron chi connectivity index (χ2n) is 7.63. The van der Waals surface area contributed by atoms with Crippen LogP contribution in [0.25, 0.3) is 0 Å². The first-order valence-electron chi connectivity index (χ1n) is 9.47. The Kier molecular flexibility index (Phi) is 5.48. The first-order valence-corrected chi connectivity index (χ1v) is 9.47. The molecule has 1 saturated heterocycles. The van der Waals surface area contributed by atoms with Crippen molar-refractivity contribution in [2.24, 2.45) is 5.92 Å². The number of imide groups is 1. The molecule has 6 nitrogen and oxygen atoms in total. The maximum absolute atomic E-state index is 13.3. The van der Waals surface area contributed by atoms with Crippen LogP contribution in [-0.2, 0) is 16.1 Å². The second kappa shape index (κ2) is 7.66. The Morgan fingerprint density at radius 1 is 1.33 bits per heavy atom. The Labute approximate surface area is 158 Å². The van der Waals surface area contributed by atoms with Gasteiger partial charge < -0.3 is 10.2 Å². The zero-order valence-corrected chi connectivity index (χ0v) is 15.8. The zero-order chi connectivity index (χ0) is 19.6. The van der Waals surface area contributed by atoms with Crippen LogP contribution in [0.5, 0.6) is 0 Å². The number of carbonyl (C=O) groups excluding carboxylic acids is 3. The number of urea groups is 1. The lowest BCUT2D eigenvalue weighted by atomic mass is 9.75. The van der Waals surface area contributed by atoms with E-state index in [0.717, 1.165) is 24.2 Å². The highest BCUT2D eigenvalue weighted by molar-refractivity contribution is 6.09. The van der Waals surface area contributed by atoms with E-state index in [4.69, 9.17) is 0 Å². The number of carbonyl (C=O) groups is 3. The Morgan fingerprint density at radius 2 is 2.04 bits per heavy atom. The fourth-order valence-corrected chi connectivity index (χ4v) is 3.99. The van der Waals surface area contributed by atoms with Gasteiger partial charge in [0.25, 0.3) is 5.91 Å². The van der Waals surface area contributed by atoms with E-state index in [9.17, 15) is 18.8 Å². The first-order chi connectivity index (χ1) is 12.8. The van der Waals surface area contributed by atoms with Gasteiger partial charge in [0, 0.05) is 13.6 Å². The van der Waals surface area contributed by atoms with Crippen molar-refractivity contribution in [2.45, 2.75) is 51.1 Å². The molecule has 0 bridgehead atoms. The van der Waals surface area contributed by atoms with Crippen LogP contribution < -0.4 is 5.32 Å². The van der Waals surface area contributed by atoms with Crippen molar-refractivity contribution in [3.63, 3.8) is 0 Å². The van der Waals surface area contributed by atoms with Gasteiger partial charge in [-0.25, -0.2) is 9.18 Å². The highest BCUT2D eigenvalue weighted by atomic mass is 19.1. The molecule has 27 heavy (non-hydrogen) atoms. The summed E-state index contributed by atoms with van der Waals surface area (Å²) in [6, 6.07) is 5.50. The molecule has 1 spiro atoms. The van der Waals surface area contributed by atoms with E-state index >= 15 is 0 Å². The van der Waals surface area contributed by atoms with Crippen molar-refractivity contribution in [3.05, 3.63) is 35.6 Å². The van der Waals surface area contributed by atoms with Gasteiger partial charge in [0.2, 0.25) is 5.91 Å². The van der Waals surface area contributed by atoms with Gasteiger partial charge in [-0.05, 0) is 49.3 Å². The Balaban J connectivity index is 1.62. The Bertz CT molecular complexity index is 744.